The molecule has 0 saturated carbocycles. The first-order valence-electron chi connectivity index (χ1n) is 4.85. The Morgan fingerprint density at radius 2 is 2.22 bits per heavy atom. The van der Waals surface area contributed by atoms with Crippen LogP contribution in [0.5, 0.6) is 5.75 Å². The number of hydrogen-bond donors (Lipinski definition) is 1. The zero-order chi connectivity index (χ0) is 13.1. The van der Waals surface area contributed by atoms with Crippen molar-refractivity contribution < 1.29 is 9.53 Å². The summed E-state index contributed by atoms with van der Waals surface area (Å²) >= 11 is 8.06. The zero-order valence-corrected chi connectivity index (χ0v) is 13.2. The van der Waals surface area contributed by atoms with Crippen LogP contribution in [0.25, 0.3) is 0 Å². The molecule has 7 heteroatoms. The molecule has 0 aliphatic heterocycles. The average Bonchev–Trinajstić information content (AvgIpc) is 2.80. The van der Waals surface area contributed by atoms with Crippen molar-refractivity contribution in [1.82, 2.24) is 4.98 Å². The molecule has 18 heavy (non-hydrogen) atoms. The fourth-order valence-corrected chi connectivity index (χ4v) is 3.30. The van der Waals surface area contributed by atoms with Crippen LogP contribution in [-0.4, -0.2) is 18.0 Å². The van der Waals surface area contributed by atoms with Gasteiger partial charge in [0.1, 0.15) is 5.75 Å². The Morgan fingerprint density at radius 1 is 1.44 bits per heavy atom. The number of nitrogens with one attached hydrogen (secondary N) is 1. The van der Waals surface area contributed by atoms with Crippen LogP contribution in [0, 0.1) is 0 Å². The second-order valence-corrected chi connectivity index (χ2v) is 5.92. The molecule has 2 aromatic rings. The molecular formula is C11H8Br2N2O2S. The summed E-state index contributed by atoms with van der Waals surface area (Å²) < 4.78 is 6.73. The Bertz CT molecular complexity index is 573. The van der Waals surface area contributed by atoms with E-state index >= 15 is 0 Å². The lowest BCUT2D eigenvalue weighted by Crippen LogP contribution is -2.13. The maximum Gasteiger partial charge on any atom is 0.261 e. The summed E-state index contributed by atoms with van der Waals surface area (Å²) in [6.07, 6.45) is 1.63. The van der Waals surface area contributed by atoms with E-state index < -0.39 is 0 Å². The van der Waals surface area contributed by atoms with Gasteiger partial charge < -0.3 is 4.74 Å². The van der Waals surface area contributed by atoms with Gasteiger partial charge in [-0.1, -0.05) is 15.9 Å². The molecular weight excluding hydrogens is 384 g/mol. The number of hydrogen-bond acceptors (Lipinski definition) is 4. The van der Waals surface area contributed by atoms with Crippen molar-refractivity contribution in [2.75, 3.05) is 12.4 Å². The van der Waals surface area contributed by atoms with Crippen molar-refractivity contribution >= 4 is 54.2 Å². The minimum absolute atomic E-state index is 0.260. The van der Waals surface area contributed by atoms with Crippen LogP contribution in [0.3, 0.4) is 0 Å². The first-order valence-corrected chi connectivity index (χ1v) is 7.32. The summed E-state index contributed by atoms with van der Waals surface area (Å²) in [5.74, 6) is 0.232. The van der Waals surface area contributed by atoms with E-state index in [0.29, 0.717) is 20.9 Å². The van der Waals surface area contributed by atoms with Crippen molar-refractivity contribution in [1.29, 1.82) is 0 Å². The molecule has 0 spiro atoms. The van der Waals surface area contributed by atoms with Gasteiger partial charge in [-0.2, -0.15) is 0 Å². The summed E-state index contributed by atoms with van der Waals surface area (Å²) in [4.78, 5) is 16.1. The second kappa shape index (κ2) is 5.81. The third-order valence-electron chi connectivity index (χ3n) is 2.11. The highest BCUT2D eigenvalue weighted by Gasteiger charge is 2.17. The summed E-state index contributed by atoms with van der Waals surface area (Å²) in [6.45, 7) is 0. The molecule has 0 fully saturated rings. The zero-order valence-electron chi connectivity index (χ0n) is 9.24. The van der Waals surface area contributed by atoms with Crippen LogP contribution in [0.2, 0.25) is 0 Å². The molecule has 0 atom stereocenters. The van der Waals surface area contributed by atoms with Crippen molar-refractivity contribution in [3.05, 3.63) is 38.2 Å². The van der Waals surface area contributed by atoms with Gasteiger partial charge in [0.2, 0.25) is 0 Å². The number of carbonyl (C=O) groups excluding carboxylic acids is 1. The van der Waals surface area contributed by atoms with Gasteiger partial charge in [-0.25, -0.2) is 4.98 Å². The van der Waals surface area contributed by atoms with E-state index in [9.17, 15) is 4.79 Å². The van der Waals surface area contributed by atoms with Gasteiger partial charge in [-0.3, -0.25) is 10.1 Å². The van der Waals surface area contributed by atoms with Gasteiger partial charge in [0.05, 0.1) is 17.1 Å². The first-order chi connectivity index (χ1) is 8.61. The van der Waals surface area contributed by atoms with Gasteiger partial charge in [0.25, 0.3) is 5.91 Å². The summed E-state index contributed by atoms with van der Waals surface area (Å²) in [7, 11) is 1.52. The Balaban J connectivity index is 2.35. The molecule has 1 amide bonds. The number of carbonyl (C=O) groups is 1. The Kier molecular flexibility index (Phi) is 4.36. The third-order valence-corrected chi connectivity index (χ3v) is 3.85. The number of aromatic nitrogens is 1. The molecule has 1 heterocycles. The number of halogens is 2. The summed E-state index contributed by atoms with van der Waals surface area (Å²) in [6, 6.07) is 3.52. The normalized spacial score (nSPS) is 10.2. The van der Waals surface area contributed by atoms with Gasteiger partial charge in [-0.05, 0) is 28.1 Å². The van der Waals surface area contributed by atoms with Crippen LogP contribution in [0.4, 0.5) is 5.13 Å². The van der Waals surface area contributed by atoms with E-state index in [1.165, 1.54) is 18.4 Å². The first kappa shape index (κ1) is 13.5. The molecule has 1 aromatic heterocycles. The van der Waals surface area contributed by atoms with Gasteiger partial charge >= 0.3 is 0 Å². The minimum Gasteiger partial charge on any atom is -0.495 e. The number of ether oxygens (including phenoxy) is 1. The molecule has 1 N–H and O–H groups in total. The number of benzene rings is 1. The highest BCUT2D eigenvalue weighted by Crippen LogP contribution is 2.33. The molecule has 0 unspecified atom stereocenters. The highest BCUT2D eigenvalue weighted by atomic mass is 79.9. The van der Waals surface area contributed by atoms with Crippen LogP contribution >= 0.6 is 43.2 Å². The third kappa shape index (κ3) is 2.90. The lowest BCUT2D eigenvalue weighted by Gasteiger charge is -2.10. The lowest BCUT2D eigenvalue weighted by molar-refractivity contribution is 0.102. The molecule has 0 aliphatic carbocycles. The van der Waals surface area contributed by atoms with Crippen molar-refractivity contribution in [2.45, 2.75) is 0 Å². The van der Waals surface area contributed by atoms with Crippen molar-refractivity contribution in [3.63, 3.8) is 0 Å². The van der Waals surface area contributed by atoms with Gasteiger partial charge in [-0.15, -0.1) is 11.3 Å². The Labute approximate surface area is 125 Å². The standard InChI is InChI=1S/C11H8Br2N2O2S/c1-17-9-7(4-6(12)5-8(9)13)10(16)15-11-14-2-3-18-11/h2-5H,1H3,(H,14,15,16). The largest absolute Gasteiger partial charge is 0.495 e. The SMILES string of the molecule is COc1c(Br)cc(Br)cc1C(=O)Nc1nccs1. The van der Waals surface area contributed by atoms with E-state index in [1.807, 2.05) is 6.07 Å². The van der Waals surface area contributed by atoms with Crippen LogP contribution in [-0.2, 0) is 0 Å². The maximum atomic E-state index is 12.1. The minimum atomic E-state index is -0.260. The van der Waals surface area contributed by atoms with Gasteiger partial charge in [0.15, 0.2) is 5.13 Å². The van der Waals surface area contributed by atoms with E-state index in [-0.39, 0.29) is 5.91 Å². The van der Waals surface area contributed by atoms with E-state index in [4.69, 9.17) is 4.74 Å². The second-order valence-electron chi connectivity index (χ2n) is 3.26. The fourth-order valence-electron chi connectivity index (χ4n) is 1.39. The molecule has 0 saturated heterocycles. The van der Waals surface area contributed by atoms with Crippen molar-refractivity contribution in [3.8, 4) is 5.75 Å². The number of thiazole rings is 1. The smallest absolute Gasteiger partial charge is 0.261 e. The van der Waals surface area contributed by atoms with E-state index in [1.54, 1.807) is 17.6 Å². The Hall–Kier alpha value is -0.920. The molecule has 94 valence electrons. The van der Waals surface area contributed by atoms with Crippen molar-refractivity contribution in [2.24, 2.45) is 0 Å². The fraction of sp³-hybridized carbons (Fsp3) is 0.0909. The van der Waals surface area contributed by atoms with E-state index in [0.717, 1.165) is 4.47 Å². The van der Waals surface area contributed by atoms with Crippen LogP contribution in [0.1, 0.15) is 10.4 Å². The lowest BCUT2D eigenvalue weighted by atomic mass is 10.2. The molecule has 1 aromatic carbocycles. The van der Waals surface area contributed by atoms with Gasteiger partial charge in [0, 0.05) is 16.0 Å². The quantitative estimate of drug-likeness (QED) is 0.862. The number of amides is 1. The van der Waals surface area contributed by atoms with Crippen LogP contribution in [0.15, 0.2) is 32.7 Å². The average molecular weight is 392 g/mol. The molecule has 0 bridgehead atoms. The molecule has 4 nitrogen and oxygen atoms in total. The maximum absolute atomic E-state index is 12.1. The highest BCUT2D eigenvalue weighted by molar-refractivity contribution is 9.11. The number of nitrogens with zero attached hydrogens (tertiary/aromatic N) is 1. The predicted octanol–water partition coefficient (Wildman–Crippen LogP) is 3.93. The number of anilines is 1. The van der Waals surface area contributed by atoms with E-state index in [2.05, 4.69) is 42.2 Å². The molecule has 0 aliphatic rings. The van der Waals surface area contributed by atoms with Crippen LogP contribution < -0.4 is 10.1 Å². The molecule has 2 rings (SSSR count). The number of methoxy groups -OCH3 is 1. The predicted molar refractivity (Wildman–Crippen MR) is 78.5 cm³/mol. The Morgan fingerprint density at radius 3 is 2.83 bits per heavy atom. The molecule has 0 radical (unpaired) electrons. The summed E-state index contributed by atoms with van der Waals surface area (Å²) in [5, 5.41) is 5.06. The summed E-state index contributed by atoms with van der Waals surface area (Å²) in [5.41, 5.74) is 0.439. The monoisotopic (exact) mass is 390 g/mol. The topological polar surface area (TPSA) is 51.2 Å². The number of rotatable bonds is 3.